The number of ether oxygens (including phenoxy) is 1. The van der Waals surface area contributed by atoms with Gasteiger partial charge in [0.25, 0.3) is 0 Å². The van der Waals surface area contributed by atoms with Crippen molar-refractivity contribution >= 4 is 37.7 Å². The number of alkyl halides is 1. The van der Waals surface area contributed by atoms with E-state index in [0.717, 1.165) is 62.7 Å². The Hall–Kier alpha value is -2.89. The van der Waals surface area contributed by atoms with Gasteiger partial charge in [-0.3, -0.25) is 0 Å². The average molecular weight is 716 g/mol. The molecule has 0 N–H and O–H groups in total. The van der Waals surface area contributed by atoms with E-state index in [2.05, 4.69) is 129 Å². The minimum Gasteiger partial charge on any atom is -0.378 e. The minimum atomic E-state index is -0.206. The summed E-state index contributed by atoms with van der Waals surface area (Å²) in [5.41, 5.74) is 9.01. The number of benzene rings is 3. The molecule has 5 aromatic rings. The molecule has 0 bridgehead atoms. The van der Waals surface area contributed by atoms with E-state index in [9.17, 15) is 4.39 Å². The number of aryl methyl sites for hydroxylation is 4. The Kier molecular flexibility index (Phi) is 11.6. The van der Waals surface area contributed by atoms with Crippen molar-refractivity contribution in [3.63, 3.8) is 0 Å². The van der Waals surface area contributed by atoms with Gasteiger partial charge in [-0.2, -0.15) is 0 Å². The number of hydrogen-bond donors (Lipinski definition) is 0. The van der Waals surface area contributed by atoms with Crippen LogP contribution in [-0.4, -0.2) is 27.2 Å². The van der Waals surface area contributed by atoms with E-state index in [-0.39, 0.29) is 28.7 Å². The minimum absolute atomic E-state index is 0.0360. The number of rotatable bonds is 14. The summed E-state index contributed by atoms with van der Waals surface area (Å²) in [4.78, 5) is 0. The van der Waals surface area contributed by atoms with Gasteiger partial charge < -0.3 is 13.9 Å². The predicted octanol–water partition coefficient (Wildman–Crippen LogP) is 12.4. The molecule has 2 atom stereocenters. The first kappa shape index (κ1) is 36.4. The van der Waals surface area contributed by atoms with Crippen LogP contribution < -0.4 is 0 Å². The zero-order valence-electron chi connectivity index (χ0n) is 30.5. The average Bonchev–Trinajstić information content (AvgIpc) is 3.54. The van der Waals surface area contributed by atoms with E-state index >= 15 is 0 Å². The third kappa shape index (κ3) is 8.82. The summed E-state index contributed by atoms with van der Waals surface area (Å²) >= 11 is 3.61. The van der Waals surface area contributed by atoms with Gasteiger partial charge in [0, 0.05) is 65.1 Å². The van der Waals surface area contributed by atoms with Crippen LogP contribution in [0.4, 0.5) is 4.39 Å². The van der Waals surface area contributed by atoms with Crippen molar-refractivity contribution in [3.8, 4) is 0 Å². The molecule has 0 aliphatic rings. The second-order valence-electron chi connectivity index (χ2n) is 16.2. The Balaban J connectivity index is 1.51. The molecule has 2 heterocycles. The second-order valence-corrected chi connectivity index (χ2v) is 17.0. The summed E-state index contributed by atoms with van der Waals surface area (Å²) in [5, 5.41) is 3.55. The molecule has 5 rings (SSSR count). The molecule has 0 spiro atoms. The first-order valence-electron chi connectivity index (χ1n) is 17.9. The van der Waals surface area contributed by atoms with E-state index in [0.29, 0.717) is 0 Å². The summed E-state index contributed by atoms with van der Waals surface area (Å²) in [6.45, 7) is 20.8. The molecule has 48 heavy (non-hydrogen) atoms. The molecule has 2 aromatic heterocycles. The van der Waals surface area contributed by atoms with E-state index < -0.39 is 0 Å². The fraction of sp³-hybridized carbons (Fsp3) is 0.488. The Labute approximate surface area is 297 Å². The van der Waals surface area contributed by atoms with Crippen molar-refractivity contribution in [2.24, 2.45) is 10.8 Å². The topological polar surface area (TPSA) is 19.1 Å². The van der Waals surface area contributed by atoms with Crippen LogP contribution in [0.25, 0.3) is 21.8 Å². The highest BCUT2D eigenvalue weighted by Gasteiger charge is 2.30. The van der Waals surface area contributed by atoms with Crippen molar-refractivity contribution in [1.29, 1.82) is 0 Å². The van der Waals surface area contributed by atoms with Crippen molar-refractivity contribution in [3.05, 3.63) is 107 Å². The first-order chi connectivity index (χ1) is 22.7. The summed E-state index contributed by atoms with van der Waals surface area (Å²) in [7, 11) is 0. The molecule has 258 valence electrons. The fourth-order valence-electron chi connectivity index (χ4n) is 7.05. The predicted molar refractivity (Wildman–Crippen MR) is 206 cm³/mol. The van der Waals surface area contributed by atoms with Gasteiger partial charge in [0.05, 0.1) is 6.10 Å². The normalized spacial score (nSPS) is 13.9. The SMILES string of the molecule is Cc1ccc2c(c1)c(C(c1ccc(F)cc1)c1cn(CCCCOC(CC(C)(C)C)C(C)(C)C)c3ccc(C)cc13)cn2CCCCBr. The zero-order chi connectivity index (χ0) is 34.6. The van der Waals surface area contributed by atoms with Crippen molar-refractivity contribution < 1.29 is 9.13 Å². The lowest BCUT2D eigenvalue weighted by Crippen LogP contribution is -2.33. The largest absolute Gasteiger partial charge is 0.378 e. The quantitative estimate of drug-likeness (QED) is 0.0827. The molecule has 3 aromatic carbocycles. The highest BCUT2D eigenvalue weighted by Crippen LogP contribution is 2.42. The van der Waals surface area contributed by atoms with Crippen LogP contribution in [0, 0.1) is 30.5 Å². The van der Waals surface area contributed by atoms with Crippen LogP contribution in [0.2, 0.25) is 0 Å². The van der Waals surface area contributed by atoms with Gasteiger partial charge in [-0.05, 0) is 110 Å². The molecule has 0 aliphatic heterocycles. The summed E-state index contributed by atoms with van der Waals surface area (Å²) in [6, 6.07) is 20.8. The maximum Gasteiger partial charge on any atom is 0.123 e. The summed E-state index contributed by atoms with van der Waals surface area (Å²) < 4.78 is 25.7. The molecule has 0 saturated carbocycles. The van der Waals surface area contributed by atoms with Gasteiger partial charge in [0.2, 0.25) is 0 Å². The third-order valence-electron chi connectivity index (χ3n) is 9.62. The van der Waals surface area contributed by atoms with Gasteiger partial charge in [0.15, 0.2) is 0 Å². The van der Waals surface area contributed by atoms with E-state index in [4.69, 9.17) is 4.74 Å². The number of hydrogen-bond acceptors (Lipinski definition) is 1. The molecule has 0 radical (unpaired) electrons. The van der Waals surface area contributed by atoms with E-state index in [1.54, 1.807) is 12.1 Å². The molecule has 5 heteroatoms. The molecule has 0 amide bonds. The Morgan fingerprint density at radius 1 is 0.708 bits per heavy atom. The smallest absolute Gasteiger partial charge is 0.123 e. The van der Waals surface area contributed by atoms with Crippen molar-refractivity contribution in [1.82, 2.24) is 9.13 Å². The number of aromatic nitrogens is 2. The number of halogens is 2. The molecular formula is C43H56BrFN2O. The van der Waals surface area contributed by atoms with Crippen LogP contribution in [-0.2, 0) is 17.8 Å². The van der Waals surface area contributed by atoms with Crippen LogP contribution in [0.5, 0.6) is 0 Å². The van der Waals surface area contributed by atoms with Gasteiger partial charge >= 0.3 is 0 Å². The Bertz CT molecular complexity index is 1800. The van der Waals surface area contributed by atoms with Crippen LogP contribution in [0.15, 0.2) is 73.1 Å². The number of unbranched alkanes of at least 4 members (excludes halogenated alkanes) is 2. The van der Waals surface area contributed by atoms with Crippen molar-refractivity contribution in [2.45, 2.75) is 113 Å². The number of fused-ring (bicyclic) bond motifs is 2. The Morgan fingerprint density at radius 3 is 1.71 bits per heavy atom. The molecule has 2 unspecified atom stereocenters. The molecule has 0 aliphatic carbocycles. The first-order valence-corrected chi connectivity index (χ1v) is 19.0. The van der Waals surface area contributed by atoms with Gasteiger partial charge in [-0.1, -0.05) is 92.9 Å². The molecular weight excluding hydrogens is 659 g/mol. The maximum absolute atomic E-state index is 14.3. The lowest BCUT2D eigenvalue weighted by atomic mass is 9.78. The highest BCUT2D eigenvalue weighted by molar-refractivity contribution is 9.09. The Morgan fingerprint density at radius 2 is 1.23 bits per heavy atom. The van der Waals surface area contributed by atoms with E-state index in [1.807, 2.05) is 12.1 Å². The maximum atomic E-state index is 14.3. The number of nitrogens with zero attached hydrogens (tertiary/aromatic N) is 2. The lowest BCUT2D eigenvalue weighted by Gasteiger charge is -2.35. The lowest BCUT2D eigenvalue weighted by molar-refractivity contribution is -0.0416. The van der Waals surface area contributed by atoms with Crippen LogP contribution >= 0.6 is 15.9 Å². The second kappa shape index (κ2) is 15.3. The standard InChI is InChI=1S/C43H56BrFN2O/c1-30-13-19-38-34(25-30)36(28-46(38)22-10-9-21-44)41(32-15-17-33(45)18-16-32)37-29-47(39-20-14-31(2)26-35(37)39)23-11-12-24-48-40(43(6,7)8)27-42(3,4)5/h13-20,25-26,28-29,40-41H,9-12,21-24,27H2,1-8H3. The van der Waals surface area contributed by atoms with Gasteiger partial charge in [-0.15, -0.1) is 0 Å². The molecule has 3 nitrogen and oxygen atoms in total. The van der Waals surface area contributed by atoms with Crippen LogP contribution in [0.1, 0.15) is 107 Å². The van der Waals surface area contributed by atoms with Gasteiger partial charge in [-0.25, -0.2) is 4.39 Å². The molecule has 0 fully saturated rings. The van der Waals surface area contributed by atoms with Gasteiger partial charge in [0.1, 0.15) is 5.82 Å². The molecule has 0 saturated heterocycles. The fourth-order valence-corrected chi connectivity index (χ4v) is 7.44. The third-order valence-corrected chi connectivity index (χ3v) is 10.2. The van der Waals surface area contributed by atoms with Crippen LogP contribution in [0.3, 0.4) is 0 Å². The monoisotopic (exact) mass is 714 g/mol. The highest BCUT2D eigenvalue weighted by atomic mass is 79.9. The summed E-state index contributed by atoms with van der Waals surface area (Å²) in [5.74, 6) is -0.242. The van der Waals surface area contributed by atoms with E-state index in [1.165, 1.54) is 44.1 Å². The zero-order valence-corrected chi connectivity index (χ0v) is 32.1. The van der Waals surface area contributed by atoms with Crippen molar-refractivity contribution in [2.75, 3.05) is 11.9 Å². The summed E-state index contributed by atoms with van der Waals surface area (Å²) in [6.07, 6.45) is 10.3.